The second kappa shape index (κ2) is 7.09. The van der Waals surface area contributed by atoms with Crippen molar-refractivity contribution >= 4 is 0 Å². The Bertz CT molecular complexity index is 443. The van der Waals surface area contributed by atoms with Gasteiger partial charge in [0.05, 0.1) is 6.10 Å². The van der Waals surface area contributed by atoms with Gasteiger partial charge in [-0.25, -0.2) is 0 Å². The highest BCUT2D eigenvalue weighted by Crippen LogP contribution is 2.33. The van der Waals surface area contributed by atoms with Gasteiger partial charge in [-0.1, -0.05) is 13.0 Å². The Labute approximate surface area is 122 Å². The van der Waals surface area contributed by atoms with Crippen LogP contribution in [0.4, 0.5) is 0 Å². The molecule has 3 heteroatoms. The first-order valence-corrected chi connectivity index (χ1v) is 7.81. The zero-order chi connectivity index (χ0) is 14.5. The van der Waals surface area contributed by atoms with E-state index >= 15 is 0 Å². The lowest BCUT2D eigenvalue weighted by atomic mass is 10.0. The molecule has 0 aliphatic heterocycles. The molecule has 2 unspecified atom stereocenters. The molecule has 1 aliphatic rings. The van der Waals surface area contributed by atoms with Gasteiger partial charge >= 0.3 is 0 Å². The zero-order valence-corrected chi connectivity index (χ0v) is 12.9. The number of benzene rings is 1. The van der Waals surface area contributed by atoms with E-state index < -0.39 is 0 Å². The van der Waals surface area contributed by atoms with Crippen molar-refractivity contribution in [1.29, 1.82) is 0 Å². The van der Waals surface area contributed by atoms with Gasteiger partial charge in [0.15, 0.2) is 6.23 Å². The lowest BCUT2D eigenvalue weighted by molar-refractivity contribution is 0.0849. The minimum atomic E-state index is -0.358. The molecule has 0 amide bonds. The summed E-state index contributed by atoms with van der Waals surface area (Å²) in [6.07, 6.45) is 4.71. The Kier molecular flexibility index (Phi) is 5.44. The summed E-state index contributed by atoms with van der Waals surface area (Å²) in [6, 6.07) is 4.24. The van der Waals surface area contributed by atoms with Gasteiger partial charge in [-0.15, -0.1) is 0 Å². The monoisotopic (exact) mass is 277 g/mol. The molecule has 0 fully saturated rings. The van der Waals surface area contributed by atoms with Crippen molar-refractivity contribution in [3.05, 3.63) is 28.8 Å². The van der Waals surface area contributed by atoms with E-state index in [4.69, 9.17) is 4.74 Å². The largest absolute Gasteiger partial charge is 0.475 e. The summed E-state index contributed by atoms with van der Waals surface area (Å²) in [5.41, 5.74) is 4.21. The Morgan fingerprint density at radius 2 is 2.05 bits per heavy atom. The van der Waals surface area contributed by atoms with Crippen molar-refractivity contribution in [2.45, 2.75) is 65.2 Å². The smallest absolute Gasteiger partial charge is 0.152 e. The molecule has 0 saturated heterocycles. The van der Waals surface area contributed by atoms with Gasteiger partial charge < -0.3 is 9.84 Å². The molecule has 2 rings (SSSR count). The van der Waals surface area contributed by atoms with E-state index in [1.165, 1.54) is 29.5 Å². The van der Waals surface area contributed by atoms with Crippen molar-refractivity contribution in [2.75, 3.05) is 6.54 Å². The van der Waals surface area contributed by atoms with Gasteiger partial charge in [-0.05, 0) is 68.8 Å². The predicted molar refractivity (Wildman–Crippen MR) is 82.2 cm³/mol. The van der Waals surface area contributed by atoms with Crippen molar-refractivity contribution in [2.24, 2.45) is 0 Å². The Balaban J connectivity index is 2.12. The van der Waals surface area contributed by atoms with E-state index in [0.717, 1.165) is 25.1 Å². The average Bonchev–Trinajstić information content (AvgIpc) is 2.89. The van der Waals surface area contributed by atoms with Crippen molar-refractivity contribution in [3.63, 3.8) is 0 Å². The molecule has 2 N–H and O–H groups in total. The second-order valence-corrected chi connectivity index (χ2v) is 5.84. The Hall–Kier alpha value is -1.06. The SMILES string of the molecule is CCCNC(CC(C)O)Oc1ccc(C)c2c1CCC2. The van der Waals surface area contributed by atoms with E-state index in [-0.39, 0.29) is 12.3 Å². The van der Waals surface area contributed by atoms with Crippen LogP contribution < -0.4 is 10.1 Å². The summed E-state index contributed by atoms with van der Waals surface area (Å²) in [5.74, 6) is 0.998. The number of aliphatic hydroxyl groups excluding tert-OH is 1. The maximum atomic E-state index is 9.62. The third-order valence-corrected chi connectivity index (χ3v) is 3.92. The quantitative estimate of drug-likeness (QED) is 0.753. The fourth-order valence-corrected chi connectivity index (χ4v) is 2.90. The van der Waals surface area contributed by atoms with E-state index in [0.29, 0.717) is 6.42 Å². The molecular weight excluding hydrogens is 250 g/mol. The highest BCUT2D eigenvalue weighted by molar-refractivity contribution is 5.47. The maximum Gasteiger partial charge on any atom is 0.152 e. The van der Waals surface area contributed by atoms with E-state index in [1.807, 2.05) is 6.92 Å². The molecule has 0 bridgehead atoms. The van der Waals surface area contributed by atoms with Gasteiger partial charge in [0.2, 0.25) is 0 Å². The minimum absolute atomic E-state index is 0.109. The molecule has 1 aliphatic carbocycles. The summed E-state index contributed by atoms with van der Waals surface area (Å²) < 4.78 is 6.15. The summed E-state index contributed by atoms with van der Waals surface area (Å²) >= 11 is 0. The van der Waals surface area contributed by atoms with Crippen molar-refractivity contribution in [3.8, 4) is 5.75 Å². The van der Waals surface area contributed by atoms with Crippen LogP contribution in [0.1, 0.15) is 49.8 Å². The number of fused-ring (bicyclic) bond motifs is 1. The third kappa shape index (κ3) is 3.74. The lowest BCUT2D eigenvalue weighted by Crippen LogP contribution is -2.37. The van der Waals surface area contributed by atoms with Crippen LogP contribution in [0, 0.1) is 6.92 Å². The van der Waals surface area contributed by atoms with Crippen molar-refractivity contribution in [1.82, 2.24) is 5.32 Å². The lowest BCUT2D eigenvalue weighted by Gasteiger charge is -2.23. The van der Waals surface area contributed by atoms with Gasteiger partial charge in [-0.2, -0.15) is 0 Å². The molecule has 1 aromatic rings. The number of aliphatic hydroxyl groups is 1. The fourth-order valence-electron chi connectivity index (χ4n) is 2.90. The second-order valence-electron chi connectivity index (χ2n) is 5.84. The highest BCUT2D eigenvalue weighted by Gasteiger charge is 2.20. The number of hydrogen-bond acceptors (Lipinski definition) is 3. The van der Waals surface area contributed by atoms with Crippen LogP contribution in [-0.4, -0.2) is 24.0 Å². The molecule has 3 nitrogen and oxygen atoms in total. The number of hydrogen-bond donors (Lipinski definition) is 2. The van der Waals surface area contributed by atoms with E-state index in [1.54, 1.807) is 0 Å². The van der Waals surface area contributed by atoms with Crippen LogP contribution >= 0.6 is 0 Å². The molecule has 20 heavy (non-hydrogen) atoms. The van der Waals surface area contributed by atoms with E-state index in [2.05, 4.69) is 31.3 Å². The minimum Gasteiger partial charge on any atom is -0.475 e. The highest BCUT2D eigenvalue weighted by atomic mass is 16.5. The molecule has 0 radical (unpaired) electrons. The maximum absolute atomic E-state index is 9.62. The summed E-state index contributed by atoms with van der Waals surface area (Å²) in [5, 5.41) is 13.0. The van der Waals surface area contributed by atoms with Crippen LogP contribution in [0.25, 0.3) is 0 Å². The number of ether oxygens (including phenoxy) is 1. The van der Waals surface area contributed by atoms with Gasteiger partial charge in [0.25, 0.3) is 0 Å². The fraction of sp³-hybridized carbons (Fsp3) is 0.647. The number of aryl methyl sites for hydroxylation is 1. The standard InChI is InChI=1S/C17H27NO2/c1-4-10-18-17(11-13(3)19)20-16-9-8-12(2)14-6-5-7-15(14)16/h8-9,13,17-19H,4-7,10-11H2,1-3H3. The molecule has 0 aromatic heterocycles. The van der Waals surface area contributed by atoms with Crippen molar-refractivity contribution < 1.29 is 9.84 Å². The Morgan fingerprint density at radius 1 is 1.30 bits per heavy atom. The van der Waals surface area contributed by atoms with Crippen LogP contribution in [0.3, 0.4) is 0 Å². The molecule has 112 valence electrons. The topological polar surface area (TPSA) is 41.5 Å². The van der Waals surface area contributed by atoms with Crippen LogP contribution in [-0.2, 0) is 12.8 Å². The number of rotatable bonds is 7. The molecule has 0 spiro atoms. The van der Waals surface area contributed by atoms with Crippen LogP contribution in [0.5, 0.6) is 5.75 Å². The first kappa shape index (κ1) is 15.3. The van der Waals surface area contributed by atoms with Gasteiger partial charge in [0.1, 0.15) is 5.75 Å². The molecular formula is C17H27NO2. The first-order valence-electron chi connectivity index (χ1n) is 7.81. The average molecular weight is 277 g/mol. The summed E-state index contributed by atoms with van der Waals surface area (Å²) in [7, 11) is 0. The predicted octanol–water partition coefficient (Wildman–Crippen LogP) is 2.96. The molecule has 1 aromatic carbocycles. The van der Waals surface area contributed by atoms with Gasteiger partial charge in [-0.3, -0.25) is 5.32 Å². The van der Waals surface area contributed by atoms with Crippen LogP contribution in [0.15, 0.2) is 12.1 Å². The Morgan fingerprint density at radius 3 is 2.75 bits per heavy atom. The molecule has 0 heterocycles. The normalized spacial score (nSPS) is 16.8. The third-order valence-electron chi connectivity index (χ3n) is 3.92. The molecule has 0 saturated carbocycles. The number of nitrogens with one attached hydrogen (secondary N) is 1. The summed E-state index contributed by atoms with van der Waals surface area (Å²) in [4.78, 5) is 0. The first-order chi connectivity index (χ1) is 9.61. The molecule has 2 atom stereocenters. The van der Waals surface area contributed by atoms with Crippen LogP contribution in [0.2, 0.25) is 0 Å². The zero-order valence-electron chi connectivity index (χ0n) is 12.9. The van der Waals surface area contributed by atoms with Gasteiger partial charge in [0, 0.05) is 6.42 Å². The van der Waals surface area contributed by atoms with E-state index in [9.17, 15) is 5.11 Å². The summed E-state index contributed by atoms with van der Waals surface area (Å²) in [6.45, 7) is 7.03.